The molecule has 0 spiro atoms. The summed E-state index contributed by atoms with van der Waals surface area (Å²) >= 11 is 0. The molecule has 2 aliphatic rings. The second-order valence-electron chi connectivity index (χ2n) is 9.65. The molecule has 0 atom stereocenters. The molecule has 0 bridgehead atoms. The summed E-state index contributed by atoms with van der Waals surface area (Å²) in [5.74, 6) is 2.46. The van der Waals surface area contributed by atoms with E-state index in [1.807, 2.05) is 19.9 Å². The van der Waals surface area contributed by atoms with Crippen LogP contribution in [0.2, 0.25) is 0 Å². The molecule has 1 aliphatic carbocycles. The van der Waals surface area contributed by atoms with E-state index in [-0.39, 0.29) is 0 Å². The molecule has 5 aromatic rings. The number of nitrogens with zero attached hydrogens (tertiary/aromatic N) is 6. The normalized spacial score (nSPS) is 13.1. The van der Waals surface area contributed by atoms with Gasteiger partial charge in [0.25, 0.3) is 0 Å². The molecule has 44 heavy (non-hydrogen) atoms. The first-order chi connectivity index (χ1) is 21.6. The van der Waals surface area contributed by atoms with Gasteiger partial charge in [0.1, 0.15) is 36.4 Å². The lowest BCUT2D eigenvalue weighted by molar-refractivity contribution is 0.283. The van der Waals surface area contributed by atoms with Crippen molar-refractivity contribution >= 4 is 18.0 Å². The molecule has 11 nitrogen and oxygen atoms in total. The Balaban J connectivity index is 0.000000134. The van der Waals surface area contributed by atoms with Crippen LogP contribution in [0.15, 0.2) is 85.5 Å². The number of fused-ring (bicyclic) bond motifs is 1. The van der Waals surface area contributed by atoms with Crippen molar-refractivity contribution in [1.29, 1.82) is 0 Å². The number of aryl methyl sites for hydroxylation is 2. The molecule has 0 aromatic carbocycles. The van der Waals surface area contributed by atoms with Crippen LogP contribution >= 0.6 is 0 Å². The van der Waals surface area contributed by atoms with Crippen molar-refractivity contribution < 1.29 is 22.4 Å². The summed E-state index contributed by atoms with van der Waals surface area (Å²) < 4.78 is 25.7. The lowest BCUT2D eigenvalue weighted by Gasteiger charge is -2.10. The zero-order valence-corrected chi connectivity index (χ0v) is 24.7. The van der Waals surface area contributed by atoms with Gasteiger partial charge in [-0.2, -0.15) is 0 Å². The van der Waals surface area contributed by atoms with Gasteiger partial charge in [0.15, 0.2) is 29.6 Å². The average Bonchev–Trinajstić information content (AvgIpc) is 3.61. The van der Waals surface area contributed by atoms with Crippen LogP contribution in [0.3, 0.4) is 0 Å². The van der Waals surface area contributed by atoms with Gasteiger partial charge in [-0.05, 0) is 36.3 Å². The predicted molar refractivity (Wildman–Crippen MR) is 165 cm³/mol. The minimum atomic E-state index is 0.443. The number of hydrogen-bond donors (Lipinski definition) is 0. The predicted octanol–water partition coefficient (Wildman–Crippen LogP) is 6.65. The summed E-state index contributed by atoms with van der Waals surface area (Å²) in [6, 6.07) is 2.12. The van der Waals surface area contributed by atoms with Crippen LogP contribution in [-0.2, 0) is 24.0 Å². The maximum absolute atomic E-state index is 5.36. The lowest BCUT2D eigenvalue weighted by atomic mass is 10.2. The first-order valence-corrected chi connectivity index (χ1v) is 14.2. The fourth-order valence-electron chi connectivity index (χ4n) is 4.09. The molecule has 0 saturated carbocycles. The fourth-order valence-corrected chi connectivity index (χ4v) is 4.09. The maximum Gasteiger partial charge on any atom is 0.249 e. The van der Waals surface area contributed by atoms with E-state index in [1.54, 1.807) is 24.7 Å². The van der Waals surface area contributed by atoms with E-state index in [2.05, 4.69) is 61.6 Å². The Morgan fingerprint density at radius 1 is 0.909 bits per heavy atom. The van der Waals surface area contributed by atoms with Gasteiger partial charge in [0, 0.05) is 50.0 Å². The smallest absolute Gasteiger partial charge is 0.249 e. The van der Waals surface area contributed by atoms with Crippen molar-refractivity contribution in [2.75, 3.05) is 13.2 Å². The van der Waals surface area contributed by atoms with E-state index in [1.165, 1.54) is 30.0 Å². The average molecular weight is 594 g/mol. The maximum atomic E-state index is 5.36. The zero-order valence-electron chi connectivity index (χ0n) is 24.7. The quantitative estimate of drug-likeness (QED) is 0.167. The SMILES string of the molecule is C=CCc1nc(C2=NCCCO2)co1.C=Cc1coc(-c2cocn2)n1.CCc1nc(/C=C/Cc2nc(C)cc3c2[CH]3)co1. The second kappa shape index (κ2) is 14.7. The number of rotatable bonds is 9. The fraction of sp³-hybridized carbons (Fsp3) is 0.242. The van der Waals surface area contributed by atoms with Crippen LogP contribution in [0.4, 0.5) is 0 Å². The molecule has 0 saturated heterocycles. The molecule has 5 aromatic heterocycles. The van der Waals surface area contributed by atoms with Crippen molar-refractivity contribution in [1.82, 2.24) is 24.9 Å². The number of pyridine rings is 1. The molecule has 1 aliphatic heterocycles. The van der Waals surface area contributed by atoms with Crippen LogP contribution in [-0.4, -0.2) is 44.0 Å². The molecule has 0 N–H and O–H groups in total. The van der Waals surface area contributed by atoms with Gasteiger partial charge in [-0.1, -0.05) is 25.7 Å². The van der Waals surface area contributed by atoms with E-state index in [0.717, 1.165) is 48.8 Å². The van der Waals surface area contributed by atoms with Crippen LogP contribution in [0.25, 0.3) is 23.7 Å². The largest absolute Gasteiger partial charge is 0.476 e. The van der Waals surface area contributed by atoms with E-state index in [0.29, 0.717) is 47.8 Å². The van der Waals surface area contributed by atoms with Crippen molar-refractivity contribution in [3.05, 3.63) is 121 Å². The third kappa shape index (κ3) is 8.15. The summed E-state index contributed by atoms with van der Waals surface area (Å²) in [5.41, 5.74) is 7.71. The molecule has 1 radical (unpaired) electrons. The van der Waals surface area contributed by atoms with Crippen molar-refractivity contribution in [3.8, 4) is 11.6 Å². The zero-order chi connectivity index (χ0) is 30.7. The topological polar surface area (TPSA) is 139 Å². The molecule has 7 rings (SSSR count). The first-order valence-electron chi connectivity index (χ1n) is 14.2. The van der Waals surface area contributed by atoms with Crippen LogP contribution in [0, 0.1) is 13.3 Å². The van der Waals surface area contributed by atoms with E-state index in [9.17, 15) is 0 Å². The third-order valence-corrected chi connectivity index (χ3v) is 6.25. The van der Waals surface area contributed by atoms with Crippen molar-refractivity contribution in [3.63, 3.8) is 0 Å². The van der Waals surface area contributed by atoms with E-state index >= 15 is 0 Å². The molecule has 0 fully saturated rings. The number of allylic oxidation sites excluding steroid dienone is 2. The van der Waals surface area contributed by atoms with Gasteiger partial charge < -0.3 is 22.4 Å². The Labute approximate surface area is 255 Å². The Morgan fingerprint density at radius 3 is 2.48 bits per heavy atom. The highest BCUT2D eigenvalue weighted by molar-refractivity contribution is 5.92. The summed E-state index contributed by atoms with van der Waals surface area (Å²) in [4.78, 5) is 25.3. The van der Waals surface area contributed by atoms with Gasteiger partial charge in [-0.3, -0.25) is 4.98 Å². The van der Waals surface area contributed by atoms with E-state index < -0.39 is 0 Å². The standard InChI is InChI=1S/C15H15N2O.C10H12N2O2.C8H6N2O2/c1-3-15-17-12(9-18-15)5-4-6-14-13-8-11(13)7-10(2)16-14;1-2-4-9-12-8(7-14-9)10-11-5-3-6-13-10;1-2-6-3-12-8(10-6)7-4-11-5-9-7/h4-5,7-9H,3,6H2,1-2H3;2,7H,1,3-6H2;2-5H,1H2/b5-4+;;. The highest BCUT2D eigenvalue weighted by Crippen LogP contribution is 2.33. The Kier molecular flexibility index (Phi) is 10.1. The lowest BCUT2D eigenvalue weighted by Crippen LogP contribution is -2.15. The molecule has 6 heterocycles. The number of oxazole rings is 4. The number of aromatic nitrogens is 5. The Bertz CT molecular complexity index is 1740. The third-order valence-electron chi connectivity index (χ3n) is 6.25. The van der Waals surface area contributed by atoms with Gasteiger partial charge in [-0.25, -0.2) is 24.9 Å². The monoisotopic (exact) mass is 593 g/mol. The van der Waals surface area contributed by atoms with Gasteiger partial charge in [0.2, 0.25) is 11.8 Å². The van der Waals surface area contributed by atoms with Crippen LogP contribution in [0.5, 0.6) is 0 Å². The molecular formula is C33H33N6O5. The Morgan fingerprint density at radius 2 is 1.77 bits per heavy atom. The first kappa shape index (κ1) is 30.1. The molecule has 225 valence electrons. The van der Waals surface area contributed by atoms with Crippen LogP contribution < -0.4 is 0 Å². The summed E-state index contributed by atoms with van der Waals surface area (Å²) in [5, 5.41) is 0. The minimum Gasteiger partial charge on any atom is -0.476 e. The van der Waals surface area contributed by atoms with Gasteiger partial charge in [0.05, 0.1) is 6.61 Å². The van der Waals surface area contributed by atoms with Crippen molar-refractivity contribution in [2.45, 2.75) is 39.5 Å². The summed E-state index contributed by atoms with van der Waals surface area (Å²) in [7, 11) is 0. The number of ether oxygens (including phenoxy) is 1. The molecular weight excluding hydrogens is 560 g/mol. The molecule has 0 unspecified atom stereocenters. The number of hydrogen-bond acceptors (Lipinski definition) is 11. The van der Waals surface area contributed by atoms with Gasteiger partial charge >= 0.3 is 0 Å². The highest BCUT2D eigenvalue weighted by atomic mass is 16.5. The molecule has 0 amide bonds. The van der Waals surface area contributed by atoms with E-state index in [4.69, 9.17) is 22.4 Å². The second-order valence-corrected chi connectivity index (χ2v) is 9.65. The number of aliphatic imine (C=N–C) groups is 1. The molecule has 11 heteroatoms. The minimum absolute atomic E-state index is 0.443. The van der Waals surface area contributed by atoms with Crippen molar-refractivity contribution in [2.24, 2.45) is 4.99 Å². The summed E-state index contributed by atoms with van der Waals surface area (Å²) in [6.45, 7) is 12.8. The Hall–Kier alpha value is -5.32. The van der Waals surface area contributed by atoms with Crippen LogP contribution in [0.1, 0.15) is 64.7 Å². The van der Waals surface area contributed by atoms with Gasteiger partial charge in [-0.15, -0.1) is 6.58 Å². The summed E-state index contributed by atoms with van der Waals surface area (Å²) in [6.07, 6.45) is 20.5. The highest BCUT2D eigenvalue weighted by Gasteiger charge is 2.22.